The number of rotatable bonds is 6. The summed E-state index contributed by atoms with van der Waals surface area (Å²) in [7, 11) is 3.05. The molecule has 1 aromatic rings. The van der Waals surface area contributed by atoms with Crippen molar-refractivity contribution in [2.75, 3.05) is 20.8 Å². The van der Waals surface area contributed by atoms with Gasteiger partial charge in [0.2, 0.25) is 0 Å². The maximum absolute atomic E-state index is 11.4. The predicted molar refractivity (Wildman–Crippen MR) is 73.7 cm³/mol. The number of esters is 1. The predicted octanol–water partition coefficient (Wildman–Crippen LogP) is 2.36. The molecule has 1 unspecified atom stereocenters. The average Bonchev–Trinajstić information content (AvgIpc) is 2.36. The van der Waals surface area contributed by atoms with Crippen molar-refractivity contribution >= 4 is 21.9 Å². The van der Waals surface area contributed by atoms with E-state index in [1.807, 2.05) is 6.07 Å². The van der Waals surface area contributed by atoms with E-state index in [1.54, 1.807) is 19.2 Å². The first-order chi connectivity index (χ1) is 8.58. The highest BCUT2D eigenvalue weighted by Gasteiger charge is 2.09. The van der Waals surface area contributed by atoms with E-state index in [2.05, 4.69) is 32.9 Å². The van der Waals surface area contributed by atoms with Gasteiger partial charge >= 0.3 is 5.97 Å². The number of hydrogen-bond donors (Lipinski definition) is 1. The van der Waals surface area contributed by atoms with Crippen LogP contribution in [0, 0.1) is 0 Å². The molecule has 18 heavy (non-hydrogen) atoms. The molecule has 1 rings (SSSR count). The molecule has 0 fully saturated rings. The molecule has 0 spiro atoms. The lowest BCUT2D eigenvalue weighted by Crippen LogP contribution is -2.29. The monoisotopic (exact) mass is 315 g/mol. The Morgan fingerprint density at radius 1 is 1.44 bits per heavy atom. The lowest BCUT2D eigenvalue weighted by molar-refractivity contribution is 0.0600. The largest absolute Gasteiger partial charge is 0.465 e. The van der Waals surface area contributed by atoms with Crippen LogP contribution in [0.25, 0.3) is 0 Å². The summed E-state index contributed by atoms with van der Waals surface area (Å²) in [6, 6.07) is 5.71. The fraction of sp³-hybridized carbons (Fsp3) is 0.462. The molecule has 1 N–H and O–H groups in total. The van der Waals surface area contributed by atoms with Gasteiger partial charge in [0.25, 0.3) is 0 Å². The summed E-state index contributed by atoms with van der Waals surface area (Å²) in [5, 5.41) is 3.33. The Balaban J connectivity index is 2.65. The Morgan fingerprint density at radius 3 is 2.72 bits per heavy atom. The smallest absolute Gasteiger partial charge is 0.337 e. The van der Waals surface area contributed by atoms with Crippen molar-refractivity contribution in [1.29, 1.82) is 0 Å². The molecule has 0 aliphatic carbocycles. The van der Waals surface area contributed by atoms with Crippen molar-refractivity contribution in [3.63, 3.8) is 0 Å². The fourth-order valence-corrected chi connectivity index (χ4v) is 2.05. The normalized spacial score (nSPS) is 12.2. The highest BCUT2D eigenvalue weighted by Crippen LogP contribution is 2.19. The van der Waals surface area contributed by atoms with Crippen LogP contribution in [-0.4, -0.2) is 32.8 Å². The van der Waals surface area contributed by atoms with E-state index in [0.717, 1.165) is 10.0 Å². The zero-order valence-corrected chi connectivity index (χ0v) is 12.4. The first-order valence-corrected chi connectivity index (χ1v) is 6.46. The molecule has 0 amide bonds. The Hall–Kier alpha value is -0.910. The van der Waals surface area contributed by atoms with Crippen molar-refractivity contribution in [2.45, 2.75) is 19.5 Å². The van der Waals surface area contributed by atoms with Crippen LogP contribution in [-0.2, 0) is 16.0 Å². The van der Waals surface area contributed by atoms with Crippen LogP contribution in [0.5, 0.6) is 0 Å². The van der Waals surface area contributed by atoms with Crippen LogP contribution in [0.15, 0.2) is 22.7 Å². The molecule has 100 valence electrons. The van der Waals surface area contributed by atoms with Gasteiger partial charge in [0.15, 0.2) is 0 Å². The first kappa shape index (κ1) is 15.1. The Morgan fingerprint density at radius 2 is 2.17 bits per heavy atom. The first-order valence-electron chi connectivity index (χ1n) is 5.67. The molecule has 0 heterocycles. The fourth-order valence-electron chi connectivity index (χ4n) is 1.53. The summed E-state index contributed by atoms with van der Waals surface area (Å²) in [5.74, 6) is -0.331. The van der Waals surface area contributed by atoms with E-state index in [0.29, 0.717) is 18.7 Å². The Bertz CT molecular complexity index is 409. The summed E-state index contributed by atoms with van der Waals surface area (Å²) in [6.07, 6.45) is 0. The molecular weight excluding hydrogens is 298 g/mol. The molecule has 0 saturated carbocycles. The molecule has 0 radical (unpaired) electrons. The van der Waals surface area contributed by atoms with Gasteiger partial charge in [-0.25, -0.2) is 4.79 Å². The minimum atomic E-state index is -0.331. The lowest BCUT2D eigenvalue weighted by Gasteiger charge is -2.13. The number of carbonyl (C=O) groups excluding carboxylic acids is 1. The van der Waals surface area contributed by atoms with Crippen LogP contribution < -0.4 is 5.32 Å². The van der Waals surface area contributed by atoms with Crippen molar-refractivity contribution in [2.24, 2.45) is 0 Å². The van der Waals surface area contributed by atoms with Gasteiger partial charge in [0, 0.05) is 24.2 Å². The maximum Gasteiger partial charge on any atom is 0.337 e. The summed E-state index contributed by atoms with van der Waals surface area (Å²) in [5.41, 5.74) is 1.63. The molecule has 0 aliphatic heterocycles. The van der Waals surface area contributed by atoms with Crippen LogP contribution in [0.2, 0.25) is 0 Å². The number of hydrogen-bond acceptors (Lipinski definition) is 4. The minimum absolute atomic E-state index is 0.280. The zero-order chi connectivity index (χ0) is 13.5. The molecule has 0 bridgehead atoms. The second kappa shape index (κ2) is 7.51. The Kier molecular flexibility index (Phi) is 6.32. The number of carbonyl (C=O) groups is 1. The van der Waals surface area contributed by atoms with Gasteiger partial charge in [-0.1, -0.05) is 22.0 Å². The van der Waals surface area contributed by atoms with E-state index >= 15 is 0 Å². The van der Waals surface area contributed by atoms with Gasteiger partial charge < -0.3 is 14.8 Å². The van der Waals surface area contributed by atoms with E-state index in [4.69, 9.17) is 4.74 Å². The molecule has 1 atom stereocenters. The van der Waals surface area contributed by atoms with E-state index in [-0.39, 0.29) is 12.0 Å². The summed E-state index contributed by atoms with van der Waals surface area (Å²) >= 11 is 3.45. The standard InChI is InChI=1S/C13H18BrNO3/c1-9(8-17-2)15-7-11-5-4-10(6-12(11)14)13(16)18-3/h4-6,9,15H,7-8H2,1-3H3. The number of ether oxygens (including phenoxy) is 2. The quantitative estimate of drug-likeness (QED) is 0.819. The van der Waals surface area contributed by atoms with Crippen LogP contribution in [0.1, 0.15) is 22.8 Å². The third kappa shape index (κ3) is 4.40. The van der Waals surface area contributed by atoms with Crippen LogP contribution in [0.4, 0.5) is 0 Å². The summed E-state index contributed by atoms with van der Waals surface area (Å²) < 4.78 is 10.6. The molecule has 0 aromatic heterocycles. The van der Waals surface area contributed by atoms with Gasteiger partial charge in [0.05, 0.1) is 19.3 Å². The molecular formula is C13H18BrNO3. The van der Waals surface area contributed by atoms with E-state index in [1.165, 1.54) is 7.11 Å². The molecule has 1 aromatic carbocycles. The van der Waals surface area contributed by atoms with Gasteiger partial charge in [-0.05, 0) is 24.6 Å². The summed E-state index contributed by atoms with van der Waals surface area (Å²) in [6.45, 7) is 3.44. The second-order valence-corrected chi connectivity index (χ2v) is 4.89. The second-order valence-electron chi connectivity index (χ2n) is 4.04. The number of halogens is 1. The minimum Gasteiger partial charge on any atom is -0.465 e. The van der Waals surface area contributed by atoms with Gasteiger partial charge in [-0.2, -0.15) is 0 Å². The molecule has 0 saturated heterocycles. The van der Waals surface area contributed by atoms with Crippen molar-refractivity contribution in [3.05, 3.63) is 33.8 Å². The van der Waals surface area contributed by atoms with E-state index in [9.17, 15) is 4.79 Å². The van der Waals surface area contributed by atoms with Crippen molar-refractivity contribution < 1.29 is 14.3 Å². The SMILES string of the molecule is COCC(C)NCc1ccc(C(=O)OC)cc1Br. The van der Waals surface area contributed by atoms with Gasteiger partial charge in [-0.15, -0.1) is 0 Å². The number of nitrogens with one attached hydrogen (secondary N) is 1. The van der Waals surface area contributed by atoms with Crippen molar-refractivity contribution in [1.82, 2.24) is 5.32 Å². The van der Waals surface area contributed by atoms with Gasteiger partial charge in [-0.3, -0.25) is 0 Å². The van der Waals surface area contributed by atoms with E-state index < -0.39 is 0 Å². The summed E-state index contributed by atoms with van der Waals surface area (Å²) in [4.78, 5) is 11.4. The molecule has 5 heteroatoms. The number of benzene rings is 1. The van der Waals surface area contributed by atoms with Crippen LogP contribution in [0.3, 0.4) is 0 Å². The van der Waals surface area contributed by atoms with Crippen LogP contribution >= 0.6 is 15.9 Å². The zero-order valence-electron chi connectivity index (χ0n) is 10.8. The topological polar surface area (TPSA) is 47.6 Å². The average molecular weight is 316 g/mol. The Labute approximate surface area is 116 Å². The highest BCUT2D eigenvalue weighted by molar-refractivity contribution is 9.10. The third-order valence-corrected chi connectivity index (χ3v) is 3.27. The highest BCUT2D eigenvalue weighted by atomic mass is 79.9. The lowest BCUT2D eigenvalue weighted by atomic mass is 10.1. The van der Waals surface area contributed by atoms with Crippen molar-refractivity contribution in [3.8, 4) is 0 Å². The molecule has 4 nitrogen and oxygen atoms in total. The third-order valence-electron chi connectivity index (χ3n) is 2.53. The maximum atomic E-state index is 11.4. The number of methoxy groups -OCH3 is 2. The van der Waals surface area contributed by atoms with Gasteiger partial charge in [0.1, 0.15) is 0 Å². The molecule has 0 aliphatic rings.